The topological polar surface area (TPSA) is 49.3 Å². The second kappa shape index (κ2) is 7.80. The summed E-state index contributed by atoms with van der Waals surface area (Å²) in [5, 5.41) is 15.5. The molecule has 0 aliphatic rings. The first kappa shape index (κ1) is 17.6. The molecule has 24 heavy (non-hydrogen) atoms. The molecule has 1 amide bonds. The zero-order chi connectivity index (χ0) is 17.1. The van der Waals surface area contributed by atoms with Gasteiger partial charge in [0, 0.05) is 19.1 Å². The minimum absolute atomic E-state index is 0.227. The van der Waals surface area contributed by atoms with Crippen molar-refractivity contribution in [1.82, 2.24) is 5.32 Å². The molecule has 3 nitrogen and oxygen atoms in total. The molecular weight excluding hydrogens is 430 g/mol. The quantitative estimate of drug-likeness (QED) is 0.568. The molecule has 0 fully saturated rings. The third-order valence-corrected chi connectivity index (χ3v) is 6.25. The number of halogens is 2. The van der Waals surface area contributed by atoms with Crippen LogP contribution in [0.1, 0.15) is 31.1 Å². The maximum Gasteiger partial charge on any atom is 0.253 e. The first-order chi connectivity index (χ1) is 11.5. The molecule has 7 heteroatoms. The Kier molecular flexibility index (Phi) is 5.73. The molecule has 1 aromatic carbocycles. The Hall–Kier alpha value is -1.18. The number of thiophene rings is 2. The van der Waals surface area contributed by atoms with Crippen LogP contribution in [0.15, 0.2) is 52.3 Å². The first-order valence-electron chi connectivity index (χ1n) is 7.08. The summed E-state index contributed by atoms with van der Waals surface area (Å²) in [4.78, 5) is 15.0. The van der Waals surface area contributed by atoms with E-state index in [-0.39, 0.29) is 5.91 Å². The Labute approximate surface area is 161 Å². The number of hydrogen-bond donors (Lipinski definition) is 2. The molecule has 0 unspecified atom stereocenters. The lowest BCUT2D eigenvalue weighted by Gasteiger charge is -2.07. The largest absolute Gasteiger partial charge is 0.382 e. The number of amides is 1. The Morgan fingerprint density at radius 3 is 2.83 bits per heavy atom. The Balaban J connectivity index is 1.65. The third kappa shape index (κ3) is 4.07. The summed E-state index contributed by atoms with van der Waals surface area (Å²) < 4.78 is 0.800. The van der Waals surface area contributed by atoms with Crippen molar-refractivity contribution >= 4 is 56.1 Å². The molecular formula is C17H13BrClNO2S2. The van der Waals surface area contributed by atoms with Gasteiger partial charge >= 0.3 is 0 Å². The number of carbonyl (C=O) groups excluding carboxylic acids is 1. The summed E-state index contributed by atoms with van der Waals surface area (Å²) in [7, 11) is 0. The lowest BCUT2D eigenvalue weighted by Crippen LogP contribution is -2.22. The Morgan fingerprint density at radius 1 is 1.25 bits per heavy atom. The number of aliphatic hydroxyl groups is 1. The van der Waals surface area contributed by atoms with Crippen molar-refractivity contribution in [2.75, 3.05) is 0 Å². The van der Waals surface area contributed by atoms with Gasteiger partial charge in [-0.3, -0.25) is 4.79 Å². The molecule has 2 N–H and O–H groups in total. The van der Waals surface area contributed by atoms with Crippen molar-refractivity contribution in [2.24, 2.45) is 0 Å². The van der Waals surface area contributed by atoms with E-state index in [1.807, 2.05) is 29.6 Å². The monoisotopic (exact) mass is 441 g/mol. The standard InChI is InChI=1S/C17H13BrClNO2S2/c18-10-3-5-13(19)12(8-10)17(22)20-9-11-4-6-15(24-11)16(21)14-2-1-7-23-14/h1-8,16,21H,9H2,(H,20,22)/t16-/m1/s1. The third-order valence-electron chi connectivity index (χ3n) is 3.36. The van der Waals surface area contributed by atoms with Crippen LogP contribution >= 0.6 is 50.2 Å². The van der Waals surface area contributed by atoms with Gasteiger partial charge < -0.3 is 10.4 Å². The number of benzene rings is 1. The van der Waals surface area contributed by atoms with Crippen molar-refractivity contribution in [3.8, 4) is 0 Å². The number of nitrogens with one attached hydrogen (secondary N) is 1. The van der Waals surface area contributed by atoms with E-state index in [4.69, 9.17) is 11.6 Å². The van der Waals surface area contributed by atoms with Crippen LogP contribution in [0.5, 0.6) is 0 Å². The molecule has 2 heterocycles. The lowest BCUT2D eigenvalue weighted by atomic mass is 10.2. The number of rotatable bonds is 5. The molecule has 0 bridgehead atoms. The molecule has 3 rings (SSSR count). The second-order valence-corrected chi connectivity index (χ2v) is 8.53. The highest BCUT2D eigenvalue weighted by Crippen LogP contribution is 2.31. The smallest absolute Gasteiger partial charge is 0.253 e. The zero-order valence-electron chi connectivity index (χ0n) is 12.3. The van der Waals surface area contributed by atoms with Gasteiger partial charge in [-0.1, -0.05) is 33.6 Å². The zero-order valence-corrected chi connectivity index (χ0v) is 16.3. The van der Waals surface area contributed by atoms with E-state index in [1.165, 1.54) is 22.7 Å². The highest BCUT2D eigenvalue weighted by atomic mass is 79.9. The summed E-state index contributed by atoms with van der Waals surface area (Å²) in [5.74, 6) is -0.227. The highest BCUT2D eigenvalue weighted by Gasteiger charge is 2.15. The fourth-order valence-electron chi connectivity index (χ4n) is 2.16. The van der Waals surface area contributed by atoms with E-state index >= 15 is 0 Å². The molecule has 1 atom stereocenters. The van der Waals surface area contributed by atoms with Crippen LogP contribution in [0.2, 0.25) is 5.02 Å². The fraction of sp³-hybridized carbons (Fsp3) is 0.118. The van der Waals surface area contributed by atoms with Gasteiger partial charge in [0.1, 0.15) is 6.10 Å². The fourth-order valence-corrected chi connectivity index (χ4v) is 4.48. The normalized spacial score (nSPS) is 12.1. The van der Waals surface area contributed by atoms with E-state index in [0.29, 0.717) is 17.1 Å². The van der Waals surface area contributed by atoms with Crippen LogP contribution in [0.25, 0.3) is 0 Å². The molecule has 3 aromatic rings. The van der Waals surface area contributed by atoms with Crippen molar-refractivity contribution in [3.63, 3.8) is 0 Å². The predicted octanol–water partition coefficient (Wildman–Crippen LogP) is 5.24. The average molecular weight is 443 g/mol. The maximum atomic E-state index is 12.3. The van der Waals surface area contributed by atoms with Crippen LogP contribution in [0, 0.1) is 0 Å². The number of aliphatic hydroxyl groups excluding tert-OH is 1. The molecule has 0 spiro atoms. The van der Waals surface area contributed by atoms with Crippen LogP contribution in [0.4, 0.5) is 0 Å². The Morgan fingerprint density at radius 2 is 2.08 bits per heavy atom. The summed E-state index contributed by atoms with van der Waals surface area (Å²) in [6.45, 7) is 0.392. The molecule has 0 aliphatic heterocycles. The molecule has 2 aromatic heterocycles. The van der Waals surface area contributed by atoms with E-state index < -0.39 is 6.10 Å². The summed E-state index contributed by atoms with van der Waals surface area (Å²) >= 11 is 12.4. The van der Waals surface area contributed by atoms with E-state index in [9.17, 15) is 9.90 Å². The van der Waals surface area contributed by atoms with E-state index in [1.54, 1.807) is 18.2 Å². The number of carbonyl (C=O) groups is 1. The van der Waals surface area contributed by atoms with Gasteiger partial charge in [-0.2, -0.15) is 0 Å². The van der Waals surface area contributed by atoms with E-state index in [0.717, 1.165) is 19.1 Å². The lowest BCUT2D eigenvalue weighted by molar-refractivity contribution is 0.0951. The molecule has 0 saturated heterocycles. The maximum absolute atomic E-state index is 12.3. The average Bonchev–Trinajstić information content (AvgIpc) is 3.26. The van der Waals surface area contributed by atoms with Gasteiger partial charge in [-0.05, 0) is 41.8 Å². The summed E-state index contributed by atoms with van der Waals surface area (Å²) in [6, 6.07) is 12.8. The highest BCUT2D eigenvalue weighted by molar-refractivity contribution is 9.10. The van der Waals surface area contributed by atoms with Crippen molar-refractivity contribution in [3.05, 3.63) is 77.5 Å². The molecule has 0 radical (unpaired) electrons. The van der Waals surface area contributed by atoms with Crippen molar-refractivity contribution in [1.29, 1.82) is 0 Å². The van der Waals surface area contributed by atoms with Crippen molar-refractivity contribution in [2.45, 2.75) is 12.6 Å². The van der Waals surface area contributed by atoms with Crippen LogP contribution in [-0.4, -0.2) is 11.0 Å². The first-order valence-corrected chi connectivity index (χ1v) is 9.94. The van der Waals surface area contributed by atoms with Crippen LogP contribution in [0.3, 0.4) is 0 Å². The van der Waals surface area contributed by atoms with Gasteiger partial charge in [0.05, 0.1) is 17.1 Å². The van der Waals surface area contributed by atoms with Gasteiger partial charge in [-0.25, -0.2) is 0 Å². The molecule has 0 aliphatic carbocycles. The number of hydrogen-bond acceptors (Lipinski definition) is 4. The second-order valence-electron chi connectivity index (χ2n) is 5.03. The Bertz CT molecular complexity index is 848. The summed E-state index contributed by atoms with van der Waals surface area (Å²) in [5.41, 5.74) is 0.432. The van der Waals surface area contributed by atoms with Crippen LogP contribution in [-0.2, 0) is 6.54 Å². The molecule has 124 valence electrons. The predicted molar refractivity (Wildman–Crippen MR) is 103 cm³/mol. The minimum Gasteiger partial charge on any atom is -0.382 e. The van der Waals surface area contributed by atoms with Gasteiger partial charge in [0.25, 0.3) is 5.91 Å². The van der Waals surface area contributed by atoms with Crippen molar-refractivity contribution < 1.29 is 9.90 Å². The minimum atomic E-state index is -0.612. The summed E-state index contributed by atoms with van der Waals surface area (Å²) in [6.07, 6.45) is -0.612. The van der Waals surface area contributed by atoms with E-state index in [2.05, 4.69) is 21.2 Å². The van der Waals surface area contributed by atoms with Gasteiger partial charge in [0.15, 0.2) is 0 Å². The SMILES string of the molecule is O=C(NCc1ccc([C@H](O)c2cccs2)s1)c1cc(Br)ccc1Cl. The molecule has 0 saturated carbocycles. The van der Waals surface area contributed by atoms with Crippen LogP contribution < -0.4 is 5.32 Å². The van der Waals surface area contributed by atoms with Gasteiger partial charge in [0.2, 0.25) is 0 Å². The van der Waals surface area contributed by atoms with Gasteiger partial charge in [-0.15, -0.1) is 22.7 Å².